The summed E-state index contributed by atoms with van der Waals surface area (Å²) in [5.74, 6) is -0.393. The molecule has 2 heterocycles. The molecule has 0 bridgehead atoms. The van der Waals surface area contributed by atoms with Crippen LogP contribution in [0.25, 0.3) is 10.2 Å². The average molecular weight is 484 g/mol. The number of alkyl halides is 3. The summed E-state index contributed by atoms with van der Waals surface area (Å²) < 4.78 is 44.9. The van der Waals surface area contributed by atoms with E-state index in [2.05, 4.69) is 9.88 Å². The Bertz CT molecular complexity index is 1080. The van der Waals surface area contributed by atoms with Crippen molar-refractivity contribution in [1.29, 1.82) is 0 Å². The number of anilines is 1. The fourth-order valence-corrected chi connectivity index (χ4v) is 4.83. The van der Waals surface area contributed by atoms with Crippen LogP contribution < -0.4 is 4.90 Å². The van der Waals surface area contributed by atoms with E-state index in [-0.39, 0.29) is 5.56 Å². The quantitative estimate of drug-likeness (QED) is 0.475. The smallest absolute Gasteiger partial charge is 0.379 e. The third kappa shape index (κ3) is 5.23. The minimum atomic E-state index is -4.46. The molecule has 5 nitrogen and oxygen atoms in total. The van der Waals surface area contributed by atoms with Crippen LogP contribution in [0, 0.1) is 0 Å². The molecule has 4 rings (SSSR count). The number of benzene rings is 2. The van der Waals surface area contributed by atoms with Gasteiger partial charge >= 0.3 is 6.18 Å². The van der Waals surface area contributed by atoms with Crippen molar-refractivity contribution in [3.05, 3.63) is 58.6 Å². The predicted molar refractivity (Wildman–Crippen MR) is 120 cm³/mol. The first-order valence-electron chi connectivity index (χ1n) is 10.2. The van der Waals surface area contributed by atoms with Crippen LogP contribution in [0.1, 0.15) is 22.3 Å². The van der Waals surface area contributed by atoms with E-state index < -0.39 is 17.6 Å². The standard InChI is InChI=1S/C22H21ClF3N3O2S/c23-17-3-1-4-18-19(17)27-21(32-18)29(10-2-9-28-11-13-31-14-12-28)20(30)15-5-7-16(8-6-15)22(24,25)26/h1,3-8H,2,9-14H2. The Morgan fingerprint density at radius 2 is 1.88 bits per heavy atom. The van der Waals surface area contributed by atoms with Gasteiger partial charge in [-0.1, -0.05) is 29.0 Å². The first kappa shape index (κ1) is 23.0. The normalized spacial score (nSPS) is 15.2. The van der Waals surface area contributed by atoms with Crippen molar-refractivity contribution >= 4 is 44.2 Å². The number of ether oxygens (including phenoxy) is 1. The molecule has 1 saturated heterocycles. The zero-order valence-electron chi connectivity index (χ0n) is 17.1. The number of rotatable bonds is 6. The number of carbonyl (C=O) groups is 1. The highest BCUT2D eigenvalue weighted by molar-refractivity contribution is 7.22. The van der Waals surface area contributed by atoms with Crippen molar-refractivity contribution in [3.63, 3.8) is 0 Å². The van der Waals surface area contributed by atoms with Crippen molar-refractivity contribution < 1.29 is 22.7 Å². The van der Waals surface area contributed by atoms with Crippen LogP contribution in [-0.2, 0) is 10.9 Å². The van der Waals surface area contributed by atoms with E-state index >= 15 is 0 Å². The maximum Gasteiger partial charge on any atom is 0.416 e. The molecule has 1 aliphatic heterocycles. The molecule has 1 fully saturated rings. The van der Waals surface area contributed by atoms with Crippen molar-refractivity contribution in [3.8, 4) is 0 Å². The largest absolute Gasteiger partial charge is 0.416 e. The average Bonchev–Trinajstić information content (AvgIpc) is 3.22. The summed E-state index contributed by atoms with van der Waals surface area (Å²) in [6.07, 6.45) is -3.76. The van der Waals surface area contributed by atoms with E-state index in [1.165, 1.54) is 28.4 Å². The van der Waals surface area contributed by atoms with E-state index in [0.29, 0.717) is 41.9 Å². The molecule has 2 aromatic carbocycles. The van der Waals surface area contributed by atoms with Gasteiger partial charge in [0.25, 0.3) is 5.91 Å². The number of amides is 1. The SMILES string of the molecule is O=C(c1ccc(C(F)(F)F)cc1)N(CCCN1CCOCC1)c1nc2c(Cl)cccc2s1. The van der Waals surface area contributed by atoms with Crippen LogP contribution in [0.5, 0.6) is 0 Å². The summed E-state index contributed by atoms with van der Waals surface area (Å²) in [4.78, 5) is 21.6. The molecule has 3 aromatic rings. The Morgan fingerprint density at radius 1 is 1.16 bits per heavy atom. The van der Waals surface area contributed by atoms with Crippen LogP contribution in [0.2, 0.25) is 5.02 Å². The zero-order valence-corrected chi connectivity index (χ0v) is 18.6. The van der Waals surface area contributed by atoms with Crippen molar-refractivity contribution in [2.75, 3.05) is 44.3 Å². The zero-order chi connectivity index (χ0) is 22.7. The van der Waals surface area contributed by atoms with E-state index in [9.17, 15) is 18.0 Å². The van der Waals surface area contributed by atoms with E-state index in [1.54, 1.807) is 6.07 Å². The summed E-state index contributed by atoms with van der Waals surface area (Å²) in [6, 6.07) is 9.68. The van der Waals surface area contributed by atoms with Crippen LogP contribution in [0.3, 0.4) is 0 Å². The molecule has 10 heteroatoms. The molecule has 32 heavy (non-hydrogen) atoms. The molecule has 0 unspecified atom stereocenters. The number of nitrogens with zero attached hydrogens (tertiary/aromatic N) is 3. The number of fused-ring (bicyclic) bond motifs is 1. The van der Waals surface area contributed by atoms with Crippen LogP contribution in [0.15, 0.2) is 42.5 Å². The van der Waals surface area contributed by atoms with Gasteiger partial charge in [0.15, 0.2) is 5.13 Å². The van der Waals surface area contributed by atoms with Gasteiger partial charge < -0.3 is 4.74 Å². The van der Waals surface area contributed by atoms with Gasteiger partial charge in [-0.25, -0.2) is 4.98 Å². The van der Waals surface area contributed by atoms with Gasteiger partial charge in [0, 0.05) is 31.7 Å². The van der Waals surface area contributed by atoms with E-state index in [1.807, 2.05) is 12.1 Å². The Hall–Kier alpha value is -2.20. The molecule has 1 aliphatic rings. The summed E-state index contributed by atoms with van der Waals surface area (Å²) in [5, 5.41) is 0.959. The van der Waals surface area contributed by atoms with Gasteiger partial charge in [-0.3, -0.25) is 14.6 Å². The maximum atomic E-state index is 13.3. The molecular formula is C22H21ClF3N3O2S. The highest BCUT2D eigenvalue weighted by Crippen LogP contribution is 2.34. The second kappa shape index (κ2) is 9.74. The Morgan fingerprint density at radius 3 is 2.53 bits per heavy atom. The lowest BCUT2D eigenvalue weighted by Crippen LogP contribution is -2.39. The van der Waals surface area contributed by atoms with Gasteiger partial charge in [-0.2, -0.15) is 13.2 Å². The van der Waals surface area contributed by atoms with E-state index in [0.717, 1.165) is 36.5 Å². The molecule has 1 aromatic heterocycles. The Labute approximate surface area is 192 Å². The van der Waals surface area contributed by atoms with Crippen LogP contribution in [-0.4, -0.2) is 55.2 Å². The van der Waals surface area contributed by atoms with Gasteiger partial charge in [-0.15, -0.1) is 0 Å². The lowest BCUT2D eigenvalue weighted by Gasteiger charge is -2.27. The summed E-state index contributed by atoms with van der Waals surface area (Å²) >= 11 is 7.59. The van der Waals surface area contributed by atoms with Crippen molar-refractivity contribution in [2.45, 2.75) is 12.6 Å². The first-order valence-corrected chi connectivity index (χ1v) is 11.4. The summed E-state index contributed by atoms with van der Waals surface area (Å²) in [5.41, 5.74) is -0.0121. The van der Waals surface area contributed by atoms with Crippen molar-refractivity contribution in [2.24, 2.45) is 0 Å². The van der Waals surface area contributed by atoms with Crippen LogP contribution >= 0.6 is 22.9 Å². The number of thiazole rings is 1. The lowest BCUT2D eigenvalue weighted by molar-refractivity contribution is -0.137. The Balaban J connectivity index is 1.58. The fraction of sp³-hybridized carbons (Fsp3) is 0.364. The van der Waals surface area contributed by atoms with Gasteiger partial charge in [0.1, 0.15) is 5.52 Å². The molecular weight excluding hydrogens is 463 g/mol. The highest BCUT2D eigenvalue weighted by Gasteiger charge is 2.31. The third-order valence-corrected chi connectivity index (χ3v) is 6.60. The first-order chi connectivity index (χ1) is 15.3. The molecule has 0 radical (unpaired) electrons. The molecule has 0 saturated carbocycles. The number of morpholine rings is 1. The number of hydrogen-bond donors (Lipinski definition) is 0. The summed E-state index contributed by atoms with van der Waals surface area (Å²) in [6.45, 7) is 4.21. The second-order valence-corrected chi connectivity index (χ2v) is 8.84. The fourth-order valence-electron chi connectivity index (χ4n) is 3.54. The molecule has 0 N–H and O–H groups in total. The third-order valence-electron chi connectivity index (χ3n) is 5.25. The monoisotopic (exact) mass is 483 g/mol. The minimum Gasteiger partial charge on any atom is -0.379 e. The number of para-hydroxylation sites is 1. The number of aromatic nitrogens is 1. The van der Waals surface area contributed by atoms with Gasteiger partial charge in [0.05, 0.1) is 28.5 Å². The Kier molecular flexibility index (Phi) is 6.99. The lowest BCUT2D eigenvalue weighted by atomic mass is 10.1. The molecule has 0 spiro atoms. The number of carbonyl (C=O) groups excluding carboxylic acids is 1. The summed E-state index contributed by atoms with van der Waals surface area (Å²) in [7, 11) is 0. The molecule has 0 atom stereocenters. The number of hydrogen-bond acceptors (Lipinski definition) is 5. The molecule has 0 aliphatic carbocycles. The topological polar surface area (TPSA) is 45.7 Å². The molecule has 170 valence electrons. The number of halogens is 4. The van der Waals surface area contributed by atoms with E-state index in [4.69, 9.17) is 16.3 Å². The molecule has 1 amide bonds. The highest BCUT2D eigenvalue weighted by atomic mass is 35.5. The van der Waals surface area contributed by atoms with Crippen molar-refractivity contribution in [1.82, 2.24) is 9.88 Å². The minimum absolute atomic E-state index is 0.176. The van der Waals surface area contributed by atoms with Crippen LogP contribution in [0.4, 0.5) is 18.3 Å². The maximum absolute atomic E-state index is 13.3. The van der Waals surface area contributed by atoms with Gasteiger partial charge in [-0.05, 0) is 42.8 Å². The second-order valence-electron chi connectivity index (χ2n) is 7.42. The predicted octanol–water partition coefficient (Wildman–Crippen LogP) is 5.34. The van der Waals surface area contributed by atoms with Gasteiger partial charge in [0.2, 0.25) is 0 Å².